The number of H-pyrrole nitrogens is 1. The van der Waals surface area contributed by atoms with Gasteiger partial charge in [0.2, 0.25) is 0 Å². The molecule has 8 heteroatoms. The van der Waals surface area contributed by atoms with E-state index in [0.29, 0.717) is 28.1 Å². The van der Waals surface area contributed by atoms with E-state index in [1.54, 1.807) is 24.3 Å². The summed E-state index contributed by atoms with van der Waals surface area (Å²) in [7, 11) is 0. The van der Waals surface area contributed by atoms with Crippen LogP contribution in [0.3, 0.4) is 0 Å². The van der Waals surface area contributed by atoms with Gasteiger partial charge in [0.05, 0.1) is 21.9 Å². The number of carbonyl (C=O) groups is 1. The summed E-state index contributed by atoms with van der Waals surface area (Å²) < 4.78 is 13.2. The fourth-order valence-electron chi connectivity index (χ4n) is 3.90. The fraction of sp³-hybridized carbons (Fsp3) is 0. The number of benzene rings is 4. The number of nitro groups is 1. The Hall–Kier alpha value is -5.11. The quantitative estimate of drug-likeness (QED) is 0.167. The average Bonchev–Trinajstić information content (AvgIpc) is 3.35. The SMILES string of the molecule is O=C(c1ccc(F)cc1)c1ccc(-c2[nH]c(-c3cc([N+](=O)[O-])ccc3O)nc2-c2ccccc2)cc1. The van der Waals surface area contributed by atoms with Crippen LogP contribution in [0, 0.1) is 15.9 Å². The minimum atomic E-state index is -0.540. The van der Waals surface area contributed by atoms with Gasteiger partial charge in [0, 0.05) is 34.4 Å². The topological polar surface area (TPSA) is 109 Å². The van der Waals surface area contributed by atoms with Gasteiger partial charge in [-0.25, -0.2) is 9.37 Å². The lowest BCUT2D eigenvalue weighted by Crippen LogP contribution is -2.01. The molecule has 7 nitrogen and oxygen atoms in total. The fourth-order valence-corrected chi connectivity index (χ4v) is 3.90. The molecule has 1 aromatic heterocycles. The molecule has 0 amide bonds. The molecule has 1 heterocycles. The second-order valence-electron chi connectivity index (χ2n) is 8.05. The Morgan fingerprint density at radius 3 is 2.14 bits per heavy atom. The highest BCUT2D eigenvalue weighted by Crippen LogP contribution is 2.37. The van der Waals surface area contributed by atoms with Crippen LogP contribution in [0.4, 0.5) is 10.1 Å². The van der Waals surface area contributed by atoms with Crippen LogP contribution in [-0.2, 0) is 0 Å². The lowest BCUT2D eigenvalue weighted by atomic mass is 10.00. The first-order chi connectivity index (χ1) is 17.4. The van der Waals surface area contributed by atoms with Gasteiger partial charge >= 0.3 is 0 Å². The standard InChI is InChI=1S/C28H18FN3O4/c29-21-12-10-20(11-13-21)27(34)19-8-6-18(7-9-19)26-25(17-4-2-1-3-5-17)30-28(31-26)23-16-22(32(35)36)14-15-24(23)33/h1-16,33H,(H,30,31). The third kappa shape index (κ3) is 4.35. The van der Waals surface area contributed by atoms with E-state index in [9.17, 15) is 24.4 Å². The molecule has 4 aromatic carbocycles. The Bertz CT molecular complexity index is 1580. The molecule has 5 rings (SSSR count). The van der Waals surface area contributed by atoms with Gasteiger partial charge in [0.25, 0.3) is 5.69 Å². The number of rotatable bonds is 6. The van der Waals surface area contributed by atoms with E-state index in [0.717, 1.165) is 5.56 Å². The molecule has 2 N–H and O–H groups in total. The van der Waals surface area contributed by atoms with Crippen LogP contribution < -0.4 is 0 Å². The number of aromatic nitrogens is 2. The number of nitrogens with zero attached hydrogens (tertiary/aromatic N) is 2. The first-order valence-corrected chi connectivity index (χ1v) is 10.9. The molecule has 0 unspecified atom stereocenters. The predicted molar refractivity (Wildman–Crippen MR) is 133 cm³/mol. The third-order valence-corrected chi connectivity index (χ3v) is 5.74. The van der Waals surface area contributed by atoms with Crippen molar-refractivity contribution in [2.45, 2.75) is 0 Å². The number of hydrogen-bond donors (Lipinski definition) is 2. The zero-order valence-electron chi connectivity index (χ0n) is 18.7. The van der Waals surface area contributed by atoms with Crippen molar-refractivity contribution in [3.05, 3.63) is 124 Å². The minimum absolute atomic E-state index is 0.152. The first-order valence-electron chi connectivity index (χ1n) is 10.9. The molecule has 0 aliphatic heterocycles. The van der Waals surface area contributed by atoms with Crippen LogP contribution >= 0.6 is 0 Å². The van der Waals surface area contributed by atoms with E-state index in [2.05, 4.69) is 9.97 Å². The van der Waals surface area contributed by atoms with Gasteiger partial charge < -0.3 is 10.1 Å². The van der Waals surface area contributed by atoms with Gasteiger partial charge in [-0.2, -0.15) is 0 Å². The Morgan fingerprint density at radius 1 is 0.861 bits per heavy atom. The van der Waals surface area contributed by atoms with Crippen molar-refractivity contribution in [3.8, 4) is 39.7 Å². The summed E-state index contributed by atoms with van der Waals surface area (Å²) in [6, 6.07) is 25.3. The number of nitrogens with one attached hydrogen (secondary N) is 1. The van der Waals surface area contributed by atoms with Crippen molar-refractivity contribution < 1.29 is 19.2 Å². The van der Waals surface area contributed by atoms with E-state index >= 15 is 0 Å². The van der Waals surface area contributed by atoms with Gasteiger partial charge in [-0.1, -0.05) is 54.6 Å². The normalized spacial score (nSPS) is 10.8. The summed E-state index contributed by atoms with van der Waals surface area (Å²) in [4.78, 5) is 31.4. The molecule has 0 spiro atoms. The highest BCUT2D eigenvalue weighted by molar-refractivity contribution is 6.09. The van der Waals surface area contributed by atoms with Crippen molar-refractivity contribution in [1.29, 1.82) is 0 Å². The summed E-state index contributed by atoms with van der Waals surface area (Å²) in [5.41, 5.74) is 3.53. The lowest BCUT2D eigenvalue weighted by Gasteiger charge is -2.06. The van der Waals surface area contributed by atoms with Crippen molar-refractivity contribution in [2.75, 3.05) is 0 Å². The maximum atomic E-state index is 13.2. The molecule has 5 aromatic rings. The summed E-state index contributed by atoms with van der Waals surface area (Å²) >= 11 is 0. The maximum Gasteiger partial charge on any atom is 0.270 e. The number of nitro benzene ring substituents is 1. The largest absolute Gasteiger partial charge is 0.507 e. The Balaban J connectivity index is 1.58. The second-order valence-corrected chi connectivity index (χ2v) is 8.05. The molecule has 0 atom stereocenters. The average molecular weight is 479 g/mol. The highest BCUT2D eigenvalue weighted by atomic mass is 19.1. The molecule has 0 aliphatic rings. The highest BCUT2D eigenvalue weighted by Gasteiger charge is 2.20. The van der Waals surface area contributed by atoms with Crippen molar-refractivity contribution in [2.24, 2.45) is 0 Å². The molecule has 0 radical (unpaired) electrons. The smallest absolute Gasteiger partial charge is 0.270 e. The molecule has 0 saturated carbocycles. The van der Waals surface area contributed by atoms with Gasteiger partial charge in [0.1, 0.15) is 17.4 Å². The van der Waals surface area contributed by atoms with Crippen molar-refractivity contribution in [1.82, 2.24) is 9.97 Å². The molecular formula is C28H18FN3O4. The van der Waals surface area contributed by atoms with E-state index in [-0.39, 0.29) is 28.6 Å². The summed E-state index contributed by atoms with van der Waals surface area (Å²) in [5, 5.41) is 21.7. The second kappa shape index (κ2) is 9.27. The predicted octanol–water partition coefficient (Wildman–Crippen LogP) is 6.39. The lowest BCUT2D eigenvalue weighted by molar-refractivity contribution is -0.384. The third-order valence-electron chi connectivity index (χ3n) is 5.74. The molecular weight excluding hydrogens is 461 g/mol. The first kappa shape index (κ1) is 22.7. The number of phenols is 1. The molecule has 36 heavy (non-hydrogen) atoms. The monoisotopic (exact) mass is 479 g/mol. The van der Waals surface area contributed by atoms with Crippen LogP contribution in [0.15, 0.2) is 97.1 Å². The zero-order chi connectivity index (χ0) is 25.2. The summed E-state index contributed by atoms with van der Waals surface area (Å²) in [5.74, 6) is -0.547. The number of non-ortho nitro benzene ring substituents is 1. The van der Waals surface area contributed by atoms with E-state index < -0.39 is 10.7 Å². The van der Waals surface area contributed by atoms with Crippen LogP contribution in [-0.4, -0.2) is 25.8 Å². The van der Waals surface area contributed by atoms with E-state index in [4.69, 9.17) is 0 Å². The molecule has 0 aliphatic carbocycles. The number of halogens is 1. The van der Waals surface area contributed by atoms with Crippen molar-refractivity contribution in [3.63, 3.8) is 0 Å². The van der Waals surface area contributed by atoms with Crippen molar-refractivity contribution >= 4 is 11.5 Å². The Labute approximate surface area is 204 Å². The number of aromatic amines is 1. The van der Waals surface area contributed by atoms with Crippen LogP contribution in [0.25, 0.3) is 33.9 Å². The number of aromatic hydroxyl groups is 1. The van der Waals surface area contributed by atoms with Crippen LogP contribution in [0.1, 0.15) is 15.9 Å². The van der Waals surface area contributed by atoms with Gasteiger partial charge in [-0.05, 0) is 30.3 Å². The van der Waals surface area contributed by atoms with Gasteiger partial charge in [-0.3, -0.25) is 14.9 Å². The summed E-state index contributed by atoms with van der Waals surface area (Å²) in [6.45, 7) is 0. The Kier molecular flexibility index (Phi) is 5.83. The molecule has 0 bridgehead atoms. The molecule has 0 fully saturated rings. The van der Waals surface area contributed by atoms with E-state index in [1.807, 2.05) is 30.3 Å². The maximum absolute atomic E-state index is 13.2. The van der Waals surface area contributed by atoms with Gasteiger partial charge in [0.15, 0.2) is 5.78 Å². The number of imidazole rings is 1. The summed E-state index contributed by atoms with van der Waals surface area (Å²) in [6.07, 6.45) is 0. The number of hydrogen-bond acceptors (Lipinski definition) is 5. The number of phenolic OH excluding ortho intramolecular Hbond substituents is 1. The van der Waals surface area contributed by atoms with Gasteiger partial charge in [-0.15, -0.1) is 0 Å². The van der Waals surface area contributed by atoms with E-state index in [1.165, 1.54) is 42.5 Å². The zero-order valence-corrected chi connectivity index (χ0v) is 18.7. The molecule has 176 valence electrons. The number of ketones is 1. The minimum Gasteiger partial charge on any atom is -0.507 e. The Morgan fingerprint density at radius 2 is 1.50 bits per heavy atom. The molecule has 0 saturated heterocycles. The van der Waals surface area contributed by atoms with Crippen LogP contribution in [0.2, 0.25) is 0 Å². The van der Waals surface area contributed by atoms with Crippen LogP contribution in [0.5, 0.6) is 5.75 Å². The number of carbonyl (C=O) groups excluding carboxylic acids is 1.